The maximum atomic E-state index is 14.3. The van der Waals surface area contributed by atoms with Crippen LogP contribution in [0.25, 0.3) is 0 Å². The van der Waals surface area contributed by atoms with Crippen molar-refractivity contribution in [2.75, 3.05) is 18.2 Å². The number of carbonyl (C=O) groups is 2. The lowest BCUT2D eigenvalue weighted by Crippen LogP contribution is -2.37. The van der Waals surface area contributed by atoms with Crippen molar-refractivity contribution in [3.63, 3.8) is 0 Å². The van der Waals surface area contributed by atoms with Crippen molar-refractivity contribution in [2.45, 2.75) is 36.0 Å². The third-order valence-electron chi connectivity index (χ3n) is 5.13. The van der Waals surface area contributed by atoms with Crippen molar-refractivity contribution < 1.29 is 27.1 Å². The lowest BCUT2D eigenvalue weighted by Gasteiger charge is -2.27. The van der Waals surface area contributed by atoms with Gasteiger partial charge in [0.15, 0.2) is 16.4 Å². The molecule has 29 heavy (non-hydrogen) atoms. The van der Waals surface area contributed by atoms with Crippen LogP contribution in [0.4, 0.5) is 10.1 Å². The monoisotopic (exact) mass is 419 g/mol. The summed E-state index contributed by atoms with van der Waals surface area (Å²) < 4.78 is 43.2. The first-order valence-electron chi connectivity index (χ1n) is 9.25. The Morgan fingerprint density at radius 3 is 2.34 bits per heavy atom. The second-order valence-corrected chi connectivity index (χ2v) is 9.15. The number of para-hydroxylation sites is 1. The van der Waals surface area contributed by atoms with Gasteiger partial charge in [-0.15, -0.1) is 0 Å². The summed E-state index contributed by atoms with van der Waals surface area (Å²) >= 11 is 0. The van der Waals surface area contributed by atoms with Crippen LogP contribution in [0.5, 0.6) is 0 Å². The molecule has 1 amide bonds. The molecule has 1 aliphatic rings. The van der Waals surface area contributed by atoms with Crippen molar-refractivity contribution in [1.82, 2.24) is 0 Å². The van der Waals surface area contributed by atoms with Crippen LogP contribution in [-0.4, -0.2) is 33.2 Å². The van der Waals surface area contributed by atoms with Gasteiger partial charge in [0.1, 0.15) is 5.82 Å². The Morgan fingerprint density at radius 1 is 1.07 bits per heavy atom. The summed E-state index contributed by atoms with van der Waals surface area (Å²) in [5.41, 5.74) is -0.706. The third kappa shape index (κ3) is 4.48. The van der Waals surface area contributed by atoms with E-state index < -0.39 is 39.6 Å². The van der Waals surface area contributed by atoms with Crippen molar-refractivity contribution in [3.8, 4) is 0 Å². The summed E-state index contributed by atoms with van der Waals surface area (Å²) in [4.78, 5) is 25.1. The Balaban J connectivity index is 1.72. The van der Waals surface area contributed by atoms with Crippen molar-refractivity contribution in [3.05, 3.63) is 59.9 Å². The highest BCUT2D eigenvalue weighted by Gasteiger charge is 2.45. The van der Waals surface area contributed by atoms with Gasteiger partial charge in [-0.25, -0.2) is 12.8 Å². The first kappa shape index (κ1) is 21.0. The second kappa shape index (κ2) is 8.32. The zero-order valence-electron chi connectivity index (χ0n) is 16.0. The number of anilines is 1. The Hall–Kier alpha value is -2.74. The minimum absolute atomic E-state index is 0.0294. The fraction of sp³-hybridized carbons (Fsp3) is 0.333. The van der Waals surface area contributed by atoms with Crippen molar-refractivity contribution >= 4 is 27.4 Å². The molecule has 0 spiro atoms. The predicted molar refractivity (Wildman–Crippen MR) is 106 cm³/mol. The van der Waals surface area contributed by atoms with Crippen LogP contribution in [0.3, 0.4) is 0 Å². The fourth-order valence-corrected chi connectivity index (χ4v) is 4.60. The van der Waals surface area contributed by atoms with Crippen LogP contribution >= 0.6 is 0 Å². The van der Waals surface area contributed by atoms with Gasteiger partial charge in [0, 0.05) is 11.8 Å². The number of hydrogen-bond donors (Lipinski definition) is 1. The standard InChI is InChI=1S/C21H22FNO5S/c1-29(26,27)18-11-5-4-10-17(18)23-19(24)14-28-20(25)21(12-6-7-13-21)15-8-2-3-9-16(15)22/h2-5,8-11H,6-7,12-14H2,1H3,(H,23,24). The topological polar surface area (TPSA) is 89.5 Å². The number of halogens is 1. The maximum Gasteiger partial charge on any atom is 0.317 e. The van der Waals surface area contributed by atoms with Gasteiger partial charge in [-0.3, -0.25) is 9.59 Å². The highest BCUT2D eigenvalue weighted by atomic mass is 32.2. The average Bonchev–Trinajstić information content (AvgIpc) is 3.17. The molecule has 6 nitrogen and oxygen atoms in total. The number of sulfone groups is 1. The molecule has 0 heterocycles. The molecule has 0 aromatic heterocycles. The Labute approximate surface area is 169 Å². The number of rotatable bonds is 6. The molecule has 1 fully saturated rings. The van der Waals surface area contributed by atoms with E-state index >= 15 is 0 Å². The highest BCUT2D eigenvalue weighted by molar-refractivity contribution is 7.90. The quantitative estimate of drug-likeness (QED) is 0.726. The molecule has 0 aliphatic heterocycles. The molecule has 2 aromatic rings. The van der Waals surface area contributed by atoms with Crippen LogP contribution in [0.15, 0.2) is 53.4 Å². The Bertz CT molecular complexity index is 1030. The second-order valence-electron chi connectivity index (χ2n) is 7.16. The first-order valence-corrected chi connectivity index (χ1v) is 11.1. The number of nitrogens with one attached hydrogen (secondary N) is 1. The predicted octanol–water partition coefficient (Wildman–Crippen LogP) is 3.22. The number of hydrogen-bond acceptors (Lipinski definition) is 5. The van der Waals surface area contributed by atoms with E-state index in [0.29, 0.717) is 12.8 Å². The molecule has 154 valence electrons. The lowest BCUT2D eigenvalue weighted by molar-refractivity contribution is -0.153. The highest BCUT2D eigenvalue weighted by Crippen LogP contribution is 2.43. The minimum Gasteiger partial charge on any atom is -0.455 e. The summed E-state index contributed by atoms with van der Waals surface area (Å²) in [6.07, 6.45) is 3.46. The summed E-state index contributed by atoms with van der Waals surface area (Å²) in [5, 5.41) is 2.46. The fourth-order valence-electron chi connectivity index (χ4n) is 3.76. The molecule has 0 saturated heterocycles. The van der Waals surface area contributed by atoms with Gasteiger partial charge in [0.2, 0.25) is 0 Å². The number of ether oxygens (including phenoxy) is 1. The summed E-state index contributed by atoms with van der Waals surface area (Å²) in [6, 6.07) is 12.1. The van der Waals surface area contributed by atoms with E-state index in [2.05, 4.69) is 5.32 Å². The minimum atomic E-state index is -3.54. The van der Waals surface area contributed by atoms with E-state index in [1.54, 1.807) is 30.3 Å². The number of esters is 1. The molecule has 1 saturated carbocycles. The van der Waals surface area contributed by atoms with Crippen molar-refractivity contribution in [1.29, 1.82) is 0 Å². The van der Waals surface area contributed by atoms with Gasteiger partial charge in [-0.2, -0.15) is 0 Å². The van der Waals surface area contributed by atoms with Crippen LogP contribution in [0.2, 0.25) is 0 Å². The zero-order chi connectivity index (χ0) is 21.1. The molecule has 2 aromatic carbocycles. The number of amides is 1. The molecule has 0 radical (unpaired) electrons. The molecular weight excluding hydrogens is 397 g/mol. The molecule has 0 atom stereocenters. The van der Waals surface area contributed by atoms with E-state index in [1.807, 2.05) is 0 Å². The van der Waals surface area contributed by atoms with Crippen LogP contribution < -0.4 is 5.32 Å². The van der Waals surface area contributed by atoms with Crippen LogP contribution in [-0.2, 0) is 29.6 Å². The molecule has 3 rings (SSSR count). The Morgan fingerprint density at radius 2 is 1.69 bits per heavy atom. The average molecular weight is 419 g/mol. The SMILES string of the molecule is CS(=O)(=O)c1ccccc1NC(=O)COC(=O)C1(c2ccccc2F)CCCC1. The number of carbonyl (C=O) groups excluding carboxylic acids is 2. The van der Waals surface area contributed by atoms with Crippen molar-refractivity contribution in [2.24, 2.45) is 0 Å². The Kier molecular flexibility index (Phi) is 6.02. The normalized spacial score (nSPS) is 15.7. The first-order chi connectivity index (χ1) is 13.7. The summed E-state index contributed by atoms with van der Waals surface area (Å²) in [6.45, 7) is -0.590. The van der Waals surface area contributed by atoms with Gasteiger partial charge in [0.05, 0.1) is 16.0 Å². The lowest BCUT2D eigenvalue weighted by atomic mass is 9.78. The molecular formula is C21H22FNO5S. The summed E-state index contributed by atoms with van der Waals surface area (Å²) in [5.74, 6) is -1.79. The largest absolute Gasteiger partial charge is 0.455 e. The van der Waals surface area contributed by atoms with E-state index in [1.165, 1.54) is 18.2 Å². The van der Waals surface area contributed by atoms with E-state index in [9.17, 15) is 22.4 Å². The van der Waals surface area contributed by atoms with Crippen LogP contribution in [0, 0.1) is 5.82 Å². The van der Waals surface area contributed by atoms with E-state index in [4.69, 9.17) is 4.74 Å². The van der Waals surface area contributed by atoms with Gasteiger partial charge < -0.3 is 10.1 Å². The van der Waals surface area contributed by atoms with Gasteiger partial charge >= 0.3 is 5.97 Å². The van der Waals surface area contributed by atoms with Gasteiger partial charge in [-0.05, 0) is 31.0 Å². The van der Waals surface area contributed by atoms with E-state index in [-0.39, 0.29) is 16.1 Å². The molecule has 8 heteroatoms. The van der Waals surface area contributed by atoms with Gasteiger partial charge in [0.25, 0.3) is 5.91 Å². The number of benzene rings is 2. The smallest absolute Gasteiger partial charge is 0.317 e. The molecule has 1 aliphatic carbocycles. The maximum absolute atomic E-state index is 14.3. The summed E-state index contributed by atoms with van der Waals surface area (Å²) in [7, 11) is -3.54. The van der Waals surface area contributed by atoms with Crippen LogP contribution in [0.1, 0.15) is 31.2 Å². The molecule has 0 bridgehead atoms. The molecule has 1 N–H and O–H groups in total. The van der Waals surface area contributed by atoms with E-state index in [0.717, 1.165) is 19.1 Å². The zero-order valence-corrected chi connectivity index (χ0v) is 16.8. The molecule has 0 unspecified atom stereocenters. The van der Waals surface area contributed by atoms with Gasteiger partial charge in [-0.1, -0.05) is 43.2 Å². The third-order valence-corrected chi connectivity index (χ3v) is 6.29.